The fourth-order valence-electron chi connectivity index (χ4n) is 2.33. The molecular weight excluding hydrogens is 434 g/mol. The van der Waals surface area contributed by atoms with Gasteiger partial charge in [-0.05, 0) is 0 Å². The number of aliphatic carboxylic acids is 1. The van der Waals surface area contributed by atoms with E-state index in [9.17, 15) is 34.2 Å². The fourth-order valence-corrected chi connectivity index (χ4v) is 2.49. The molecule has 10 N–H and O–H groups in total. The Labute approximate surface area is 181 Å². The number of amides is 4. The number of nitrogens with one attached hydrogen (secondary N) is 4. The zero-order valence-electron chi connectivity index (χ0n) is 16.3. The van der Waals surface area contributed by atoms with Crippen molar-refractivity contribution in [3.63, 3.8) is 0 Å². The summed E-state index contributed by atoms with van der Waals surface area (Å²) in [5.74, 6) is -5.13. The first-order valence-corrected chi connectivity index (χ1v) is 9.59. The SMILES string of the molecule is NC(=O)CC(NC(=O)C(CO)NC(=O)C(N)CS)C(=O)NC(Cc1cnc[nH]1)C(=O)O. The number of carbonyl (C=O) groups is 5. The molecule has 0 spiro atoms. The summed E-state index contributed by atoms with van der Waals surface area (Å²) in [5.41, 5.74) is 11.0. The Hall–Kier alpha value is -3.17. The highest BCUT2D eigenvalue weighted by atomic mass is 32.1. The van der Waals surface area contributed by atoms with Crippen LogP contribution in [0.25, 0.3) is 0 Å². The lowest BCUT2D eigenvalue weighted by Crippen LogP contribution is -2.59. The second-order valence-corrected chi connectivity index (χ2v) is 6.81. The first-order chi connectivity index (χ1) is 14.6. The van der Waals surface area contributed by atoms with Crippen molar-refractivity contribution in [3.8, 4) is 0 Å². The lowest BCUT2D eigenvalue weighted by Gasteiger charge is -2.23. The Balaban J connectivity index is 2.88. The number of nitrogens with zero attached hydrogens (tertiary/aromatic N) is 1. The number of nitrogens with two attached hydrogens (primary N) is 2. The number of imidazole rings is 1. The number of thiol groups is 1. The van der Waals surface area contributed by atoms with Gasteiger partial charge in [-0.15, -0.1) is 0 Å². The zero-order chi connectivity index (χ0) is 23.6. The number of aliphatic hydroxyl groups excluding tert-OH is 1. The number of carboxylic acids is 1. The van der Waals surface area contributed by atoms with E-state index in [1.807, 2.05) is 0 Å². The number of carbonyl (C=O) groups excluding carboxylic acids is 4. The molecular formula is C16H25N7O7S. The molecule has 1 rings (SSSR count). The summed E-state index contributed by atoms with van der Waals surface area (Å²) in [6.45, 7) is -0.834. The van der Waals surface area contributed by atoms with Gasteiger partial charge in [-0.2, -0.15) is 12.6 Å². The summed E-state index contributed by atoms with van der Waals surface area (Å²) in [5, 5.41) is 25.3. The van der Waals surface area contributed by atoms with Crippen LogP contribution in [0.2, 0.25) is 0 Å². The smallest absolute Gasteiger partial charge is 0.326 e. The molecule has 0 saturated carbocycles. The lowest BCUT2D eigenvalue weighted by molar-refractivity contribution is -0.142. The Bertz CT molecular complexity index is 789. The molecule has 4 atom stereocenters. The second-order valence-electron chi connectivity index (χ2n) is 6.44. The van der Waals surface area contributed by atoms with Gasteiger partial charge in [0.2, 0.25) is 23.6 Å². The predicted molar refractivity (Wildman–Crippen MR) is 108 cm³/mol. The minimum absolute atomic E-state index is 0.0226. The van der Waals surface area contributed by atoms with Gasteiger partial charge in [0.25, 0.3) is 0 Å². The number of H-pyrrole nitrogens is 1. The molecule has 0 aromatic carbocycles. The molecule has 14 nitrogen and oxygen atoms in total. The normalized spacial score (nSPS) is 14.5. The fraction of sp³-hybridized carbons (Fsp3) is 0.500. The van der Waals surface area contributed by atoms with Crippen molar-refractivity contribution in [2.45, 2.75) is 37.0 Å². The third-order valence-corrected chi connectivity index (χ3v) is 4.37. The van der Waals surface area contributed by atoms with Gasteiger partial charge in [0.1, 0.15) is 18.1 Å². The maximum atomic E-state index is 12.5. The molecule has 0 aliphatic heterocycles. The van der Waals surface area contributed by atoms with Gasteiger partial charge in [-0.3, -0.25) is 19.2 Å². The van der Waals surface area contributed by atoms with Crippen LogP contribution < -0.4 is 27.4 Å². The molecule has 1 aromatic rings. The molecule has 1 heterocycles. The van der Waals surface area contributed by atoms with Gasteiger partial charge in [0.05, 0.1) is 25.4 Å². The van der Waals surface area contributed by atoms with Gasteiger partial charge < -0.3 is 42.6 Å². The highest BCUT2D eigenvalue weighted by Crippen LogP contribution is 2.02. The summed E-state index contributed by atoms with van der Waals surface area (Å²) < 4.78 is 0. The number of carboxylic acid groups (broad SMARTS) is 1. The molecule has 0 radical (unpaired) electrons. The maximum Gasteiger partial charge on any atom is 0.326 e. The second kappa shape index (κ2) is 12.5. The molecule has 4 unspecified atom stereocenters. The third-order valence-electron chi connectivity index (χ3n) is 3.98. The summed E-state index contributed by atoms with van der Waals surface area (Å²) in [4.78, 5) is 66.0. The van der Waals surface area contributed by atoms with Crippen molar-refractivity contribution in [1.29, 1.82) is 0 Å². The average molecular weight is 459 g/mol. The number of aliphatic hydroxyl groups is 1. The minimum Gasteiger partial charge on any atom is -0.480 e. The number of hydrogen-bond acceptors (Lipinski definition) is 9. The quantitative estimate of drug-likeness (QED) is 0.129. The predicted octanol–water partition coefficient (Wildman–Crippen LogP) is -4.38. The first-order valence-electron chi connectivity index (χ1n) is 8.95. The Morgan fingerprint density at radius 2 is 1.65 bits per heavy atom. The van der Waals surface area contributed by atoms with Crippen molar-refractivity contribution in [2.75, 3.05) is 12.4 Å². The van der Waals surface area contributed by atoms with Crippen LogP contribution in [-0.2, 0) is 30.4 Å². The molecule has 0 fully saturated rings. The molecule has 172 valence electrons. The molecule has 15 heteroatoms. The van der Waals surface area contributed by atoms with Crippen molar-refractivity contribution in [3.05, 3.63) is 18.2 Å². The third kappa shape index (κ3) is 8.61. The van der Waals surface area contributed by atoms with Crippen LogP contribution in [0.3, 0.4) is 0 Å². The van der Waals surface area contributed by atoms with E-state index < -0.39 is 66.8 Å². The number of rotatable bonds is 13. The van der Waals surface area contributed by atoms with Crippen LogP contribution in [0.1, 0.15) is 12.1 Å². The van der Waals surface area contributed by atoms with Crippen LogP contribution in [-0.4, -0.2) is 86.3 Å². The minimum atomic E-state index is -1.56. The standard InChI is InChI=1S/C16H25N7O7S/c17-8(5-31)13(26)23-11(4-24)15(28)21-9(2-12(18)25)14(27)22-10(16(29)30)1-7-3-19-6-20-7/h3,6,8-11,24,31H,1-2,4-5,17H2,(H2,18,25)(H,19,20)(H,21,28)(H,22,27)(H,23,26)(H,29,30). The van der Waals surface area contributed by atoms with E-state index >= 15 is 0 Å². The monoisotopic (exact) mass is 459 g/mol. The van der Waals surface area contributed by atoms with Gasteiger partial charge in [-0.1, -0.05) is 0 Å². The first kappa shape index (κ1) is 25.9. The molecule has 1 aromatic heterocycles. The Morgan fingerprint density at radius 3 is 2.13 bits per heavy atom. The number of aromatic nitrogens is 2. The van der Waals surface area contributed by atoms with E-state index in [2.05, 4.69) is 38.5 Å². The van der Waals surface area contributed by atoms with Crippen molar-refractivity contribution in [1.82, 2.24) is 25.9 Å². The molecule has 4 amide bonds. The van der Waals surface area contributed by atoms with Crippen LogP contribution in [0, 0.1) is 0 Å². The molecule has 0 saturated heterocycles. The van der Waals surface area contributed by atoms with Crippen LogP contribution in [0.5, 0.6) is 0 Å². The summed E-state index contributed by atoms with van der Waals surface area (Å²) in [6, 6.07) is -5.49. The Kier molecular flexibility index (Phi) is 10.4. The maximum absolute atomic E-state index is 12.5. The van der Waals surface area contributed by atoms with Crippen LogP contribution in [0.15, 0.2) is 12.5 Å². The van der Waals surface area contributed by atoms with E-state index in [4.69, 9.17) is 11.5 Å². The van der Waals surface area contributed by atoms with Crippen molar-refractivity contribution in [2.24, 2.45) is 11.5 Å². The zero-order valence-corrected chi connectivity index (χ0v) is 17.2. The Morgan fingerprint density at radius 1 is 1.06 bits per heavy atom. The van der Waals surface area contributed by atoms with Crippen molar-refractivity contribution < 1.29 is 34.2 Å². The van der Waals surface area contributed by atoms with Gasteiger partial charge in [0.15, 0.2) is 0 Å². The lowest BCUT2D eigenvalue weighted by atomic mass is 10.1. The number of primary amides is 1. The van der Waals surface area contributed by atoms with Crippen molar-refractivity contribution >= 4 is 42.2 Å². The topological polar surface area (TPSA) is 243 Å². The van der Waals surface area contributed by atoms with Gasteiger partial charge in [-0.25, -0.2) is 9.78 Å². The van der Waals surface area contributed by atoms with Gasteiger partial charge in [0, 0.05) is 24.1 Å². The van der Waals surface area contributed by atoms with E-state index in [0.717, 1.165) is 0 Å². The van der Waals surface area contributed by atoms with Crippen LogP contribution >= 0.6 is 12.6 Å². The van der Waals surface area contributed by atoms with Crippen LogP contribution in [0.4, 0.5) is 0 Å². The highest BCUT2D eigenvalue weighted by molar-refractivity contribution is 7.80. The summed E-state index contributed by atoms with van der Waals surface area (Å²) >= 11 is 3.85. The molecule has 0 aliphatic rings. The summed E-state index contributed by atoms with van der Waals surface area (Å²) in [6.07, 6.45) is 1.90. The summed E-state index contributed by atoms with van der Waals surface area (Å²) in [7, 11) is 0. The van der Waals surface area contributed by atoms with E-state index in [1.54, 1.807) is 0 Å². The average Bonchev–Trinajstić information content (AvgIpc) is 3.22. The van der Waals surface area contributed by atoms with E-state index in [0.29, 0.717) is 5.69 Å². The highest BCUT2D eigenvalue weighted by Gasteiger charge is 2.31. The number of aromatic amines is 1. The van der Waals surface area contributed by atoms with Gasteiger partial charge >= 0.3 is 5.97 Å². The number of hydrogen-bond donors (Lipinski definition) is 9. The molecule has 0 bridgehead atoms. The largest absolute Gasteiger partial charge is 0.480 e. The van der Waals surface area contributed by atoms with E-state index in [1.165, 1.54) is 12.5 Å². The van der Waals surface area contributed by atoms with E-state index in [-0.39, 0.29) is 12.2 Å². The molecule has 0 aliphatic carbocycles. The molecule has 31 heavy (non-hydrogen) atoms.